The van der Waals surface area contributed by atoms with E-state index in [1.165, 1.54) is 7.11 Å². The first kappa shape index (κ1) is 20.1. The van der Waals surface area contributed by atoms with E-state index in [-0.39, 0.29) is 9.77 Å². The molecule has 0 radical (unpaired) electrons. The molecule has 0 aliphatic heterocycles. The van der Waals surface area contributed by atoms with E-state index < -0.39 is 27.7 Å². The van der Waals surface area contributed by atoms with E-state index in [0.29, 0.717) is 14.5 Å². The molecule has 0 spiro atoms. The summed E-state index contributed by atoms with van der Waals surface area (Å²) in [5.41, 5.74) is 1.36. The summed E-state index contributed by atoms with van der Waals surface area (Å²) in [5, 5.41) is 0.371. The van der Waals surface area contributed by atoms with E-state index in [0.717, 1.165) is 18.4 Å². The number of esters is 1. The van der Waals surface area contributed by atoms with E-state index in [9.17, 15) is 18.0 Å². The zero-order valence-corrected chi connectivity index (χ0v) is 16.7. The molecular weight excluding hydrogens is 380 g/mol. The second kappa shape index (κ2) is 7.22. The zero-order chi connectivity index (χ0) is 19.7. The number of hydrogen-bond acceptors (Lipinski definition) is 7. The molecule has 0 fully saturated rings. The number of hydrazine groups is 1. The lowest BCUT2D eigenvalue weighted by molar-refractivity contribution is 0.0444. The lowest BCUT2D eigenvalue weighted by Gasteiger charge is -2.23. The Morgan fingerprint density at radius 3 is 2.38 bits per heavy atom. The van der Waals surface area contributed by atoms with E-state index in [1.54, 1.807) is 45.0 Å². The van der Waals surface area contributed by atoms with E-state index in [2.05, 4.69) is 5.43 Å². The summed E-state index contributed by atoms with van der Waals surface area (Å²) in [7, 11) is -1.90. The first-order valence-corrected chi connectivity index (χ1v) is 9.81. The van der Waals surface area contributed by atoms with Crippen LogP contribution in [-0.4, -0.2) is 44.7 Å². The summed E-state index contributed by atoms with van der Waals surface area (Å²) in [5.74, 6) is -0.768. The normalized spacial score (nSPS) is 12.2. The number of amides is 1. The highest BCUT2D eigenvalue weighted by atomic mass is 32.2. The predicted octanol–water partition coefficient (Wildman–Crippen LogP) is 2.75. The molecule has 1 heterocycles. The zero-order valence-electron chi connectivity index (χ0n) is 15.0. The van der Waals surface area contributed by atoms with Crippen LogP contribution in [0.15, 0.2) is 29.2 Å². The second-order valence-electron chi connectivity index (χ2n) is 6.33. The van der Waals surface area contributed by atoms with E-state index >= 15 is 0 Å². The SMILES string of the molecule is COC(=O)c1sc2ccccc2c1S(=O)(=O)N(C)NC(=O)OC(C)(C)C. The standard InChI is InChI=1S/C16H20N2O6S2/c1-16(2,3)24-15(20)17-18(4)26(21,22)13-10-8-6-7-9-11(10)25-12(13)14(19)23-5/h6-9H,1-5H3,(H,17,20). The van der Waals surface area contributed by atoms with Gasteiger partial charge in [-0.2, -0.15) is 0 Å². The molecule has 0 saturated carbocycles. The number of sulfonamides is 1. The van der Waals surface area contributed by atoms with Crippen molar-refractivity contribution in [1.29, 1.82) is 0 Å². The number of methoxy groups -OCH3 is 1. The molecule has 8 nitrogen and oxygen atoms in total. The average molecular weight is 400 g/mol. The van der Waals surface area contributed by atoms with Crippen molar-refractivity contribution in [2.75, 3.05) is 14.2 Å². The molecule has 0 bridgehead atoms. The van der Waals surface area contributed by atoms with Crippen molar-refractivity contribution in [2.24, 2.45) is 0 Å². The molecule has 10 heteroatoms. The van der Waals surface area contributed by atoms with Gasteiger partial charge in [0.05, 0.1) is 7.11 Å². The first-order valence-electron chi connectivity index (χ1n) is 7.56. The maximum Gasteiger partial charge on any atom is 0.423 e. The van der Waals surface area contributed by atoms with Crippen LogP contribution in [0.5, 0.6) is 0 Å². The first-order chi connectivity index (χ1) is 12.0. The summed E-state index contributed by atoms with van der Waals surface area (Å²) in [4.78, 5) is 23.7. The topological polar surface area (TPSA) is 102 Å². The number of nitrogens with zero attached hydrogens (tertiary/aromatic N) is 1. The van der Waals surface area contributed by atoms with Gasteiger partial charge in [-0.15, -0.1) is 15.8 Å². The average Bonchev–Trinajstić information content (AvgIpc) is 2.92. The Labute approximate surface area is 155 Å². The van der Waals surface area contributed by atoms with Gasteiger partial charge in [0.2, 0.25) is 0 Å². The largest absolute Gasteiger partial charge is 0.465 e. The highest BCUT2D eigenvalue weighted by molar-refractivity contribution is 7.89. The fourth-order valence-electron chi connectivity index (χ4n) is 2.13. The molecule has 2 aromatic rings. The Morgan fingerprint density at radius 1 is 1.19 bits per heavy atom. The summed E-state index contributed by atoms with van der Waals surface area (Å²) in [6.45, 7) is 4.97. The lowest BCUT2D eigenvalue weighted by atomic mass is 10.2. The molecule has 1 amide bonds. The van der Waals surface area contributed by atoms with Gasteiger partial charge in [0, 0.05) is 17.1 Å². The summed E-state index contributed by atoms with van der Waals surface area (Å²) in [6.07, 6.45) is -0.928. The fraction of sp³-hybridized carbons (Fsp3) is 0.375. The molecule has 26 heavy (non-hydrogen) atoms. The molecule has 0 saturated heterocycles. The Morgan fingerprint density at radius 2 is 1.81 bits per heavy atom. The Kier molecular flexibility index (Phi) is 5.59. The number of carbonyl (C=O) groups is 2. The van der Waals surface area contributed by atoms with Crippen LogP contribution in [0.2, 0.25) is 0 Å². The fourth-order valence-corrected chi connectivity index (χ4v) is 4.90. The van der Waals surface area contributed by atoms with Crippen molar-refractivity contribution >= 4 is 43.5 Å². The van der Waals surface area contributed by atoms with Crippen molar-refractivity contribution in [1.82, 2.24) is 9.84 Å². The van der Waals surface area contributed by atoms with Gasteiger partial charge in [-0.25, -0.2) is 23.4 Å². The van der Waals surface area contributed by atoms with E-state index in [1.807, 2.05) is 0 Å². The van der Waals surface area contributed by atoms with Gasteiger partial charge in [-0.05, 0) is 26.8 Å². The number of thiophene rings is 1. The summed E-state index contributed by atoms with van der Waals surface area (Å²) < 4.78 is 37.0. The Bertz CT molecular complexity index is 943. The van der Waals surface area contributed by atoms with Crippen molar-refractivity contribution in [3.63, 3.8) is 0 Å². The molecule has 1 aromatic carbocycles. The quantitative estimate of drug-likeness (QED) is 0.625. The smallest absolute Gasteiger partial charge is 0.423 e. The van der Waals surface area contributed by atoms with Crippen molar-refractivity contribution < 1.29 is 27.5 Å². The minimum Gasteiger partial charge on any atom is -0.465 e. The summed E-state index contributed by atoms with van der Waals surface area (Å²) in [6, 6.07) is 6.69. The Balaban J connectivity index is 2.48. The van der Waals surface area contributed by atoms with Gasteiger partial charge in [0.1, 0.15) is 15.4 Å². The molecule has 2 rings (SSSR count). The number of nitrogens with one attached hydrogen (secondary N) is 1. The third-order valence-electron chi connectivity index (χ3n) is 3.19. The van der Waals surface area contributed by atoms with Gasteiger partial charge in [-0.1, -0.05) is 18.2 Å². The highest BCUT2D eigenvalue weighted by Gasteiger charge is 2.33. The predicted molar refractivity (Wildman–Crippen MR) is 97.5 cm³/mol. The summed E-state index contributed by atoms with van der Waals surface area (Å²) >= 11 is 1.01. The van der Waals surface area contributed by atoms with Crippen LogP contribution in [-0.2, 0) is 19.5 Å². The number of hydrogen-bond donors (Lipinski definition) is 1. The van der Waals surface area contributed by atoms with Crippen LogP contribution in [0.4, 0.5) is 4.79 Å². The number of ether oxygens (including phenoxy) is 2. The van der Waals surface area contributed by atoms with Gasteiger partial charge in [0.15, 0.2) is 0 Å². The van der Waals surface area contributed by atoms with Gasteiger partial charge in [-0.3, -0.25) is 0 Å². The van der Waals surface area contributed by atoms with Crippen molar-refractivity contribution in [3.05, 3.63) is 29.1 Å². The van der Waals surface area contributed by atoms with Crippen LogP contribution in [0.25, 0.3) is 10.1 Å². The Hall–Kier alpha value is -2.17. The number of fused-ring (bicyclic) bond motifs is 1. The van der Waals surface area contributed by atoms with Gasteiger partial charge in [0.25, 0.3) is 10.0 Å². The van der Waals surface area contributed by atoms with Crippen molar-refractivity contribution in [3.8, 4) is 0 Å². The molecular formula is C16H20N2O6S2. The number of rotatable bonds is 4. The van der Waals surface area contributed by atoms with Crippen LogP contribution in [0.3, 0.4) is 0 Å². The molecule has 0 atom stereocenters. The van der Waals surface area contributed by atoms with Gasteiger partial charge < -0.3 is 9.47 Å². The number of carbonyl (C=O) groups excluding carboxylic acids is 2. The molecule has 0 aliphatic rings. The van der Waals surface area contributed by atoms with Gasteiger partial charge >= 0.3 is 12.1 Å². The molecule has 0 unspecified atom stereocenters. The monoisotopic (exact) mass is 400 g/mol. The number of benzene rings is 1. The molecule has 142 valence electrons. The maximum absolute atomic E-state index is 13.0. The van der Waals surface area contributed by atoms with Crippen molar-refractivity contribution in [2.45, 2.75) is 31.3 Å². The maximum atomic E-state index is 13.0. The molecule has 0 aliphatic carbocycles. The van der Waals surface area contributed by atoms with Crippen LogP contribution in [0, 0.1) is 0 Å². The molecule has 1 aromatic heterocycles. The van der Waals surface area contributed by atoms with E-state index in [4.69, 9.17) is 9.47 Å². The third kappa shape index (κ3) is 4.14. The molecule has 1 N–H and O–H groups in total. The minimum absolute atomic E-state index is 0.0634. The van der Waals surface area contributed by atoms with Crippen LogP contribution < -0.4 is 5.43 Å². The van der Waals surface area contributed by atoms with Crippen LogP contribution >= 0.6 is 11.3 Å². The van der Waals surface area contributed by atoms with Crippen LogP contribution in [0.1, 0.15) is 30.4 Å². The minimum atomic E-state index is -4.23. The highest BCUT2D eigenvalue weighted by Crippen LogP contribution is 2.36. The lowest BCUT2D eigenvalue weighted by Crippen LogP contribution is -2.45. The third-order valence-corrected chi connectivity index (χ3v) is 6.22. The second-order valence-corrected chi connectivity index (χ2v) is 9.29.